The third kappa shape index (κ3) is 3.74. The SMILES string of the molecule is COc1ccc(NC(=O)N2CCSCC2C(=O)O)cc1Cl. The van der Waals surface area contributed by atoms with Crippen LogP contribution in [0.5, 0.6) is 5.75 Å². The molecular formula is C13H15ClN2O4S. The van der Waals surface area contributed by atoms with Crippen LogP contribution >= 0.6 is 23.4 Å². The highest BCUT2D eigenvalue weighted by Crippen LogP contribution is 2.27. The Labute approximate surface area is 131 Å². The normalized spacial score (nSPS) is 18.2. The maximum atomic E-state index is 12.2. The second-order valence-corrected chi connectivity index (χ2v) is 5.96. The van der Waals surface area contributed by atoms with E-state index in [-0.39, 0.29) is 0 Å². The molecule has 114 valence electrons. The van der Waals surface area contributed by atoms with Crippen molar-refractivity contribution in [2.45, 2.75) is 6.04 Å². The number of ether oxygens (including phenoxy) is 1. The number of halogens is 1. The highest BCUT2D eigenvalue weighted by atomic mass is 35.5. The van der Waals surface area contributed by atoms with Crippen LogP contribution in [0.25, 0.3) is 0 Å². The van der Waals surface area contributed by atoms with Gasteiger partial charge in [-0.3, -0.25) is 0 Å². The minimum atomic E-state index is -0.995. The smallest absolute Gasteiger partial charge is 0.327 e. The summed E-state index contributed by atoms with van der Waals surface area (Å²) in [6, 6.07) is 3.60. The average Bonchev–Trinajstić information content (AvgIpc) is 2.47. The first-order valence-electron chi connectivity index (χ1n) is 6.24. The Balaban J connectivity index is 2.09. The van der Waals surface area contributed by atoms with Gasteiger partial charge in [0.25, 0.3) is 0 Å². The van der Waals surface area contributed by atoms with Gasteiger partial charge in [0.15, 0.2) is 0 Å². The van der Waals surface area contributed by atoms with E-state index in [0.29, 0.717) is 28.8 Å². The van der Waals surface area contributed by atoms with Crippen molar-refractivity contribution >= 4 is 41.1 Å². The number of carbonyl (C=O) groups is 2. The van der Waals surface area contributed by atoms with Crippen LogP contribution in [0.4, 0.5) is 10.5 Å². The van der Waals surface area contributed by atoms with E-state index >= 15 is 0 Å². The maximum Gasteiger partial charge on any atom is 0.327 e. The third-order valence-electron chi connectivity index (χ3n) is 3.08. The summed E-state index contributed by atoms with van der Waals surface area (Å²) in [4.78, 5) is 24.7. The second kappa shape index (κ2) is 6.91. The molecule has 1 aromatic carbocycles. The predicted molar refractivity (Wildman–Crippen MR) is 82.5 cm³/mol. The monoisotopic (exact) mass is 330 g/mol. The predicted octanol–water partition coefficient (Wildman–Crippen LogP) is 2.38. The fraction of sp³-hybridized carbons (Fsp3) is 0.385. The number of hydrogen-bond donors (Lipinski definition) is 2. The van der Waals surface area contributed by atoms with E-state index in [0.717, 1.165) is 5.75 Å². The van der Waals surface area contributed by atoms with Crippen molar-refractivity contribution in [3.8, 4) is 5.75 Å². The fourth-order valence-electron chi connectivity index (χ4n) is 1.99. The van der Waals surface area contributed by atoms with Gasteiger partial charge in [-0.2, -0.15) is 11.8 Å². The number of thioether (sulfide) groups is 1. The minimum absolute atomic E-state index is 0.374. The van der Waals surface area contributed by atoms with E-state index in [4.69, 9.17) is 21.4 Å². The molecule has 0 bridgehead atoms. The molecule has 1 aliphatic rings. The van der Waals surface area contributed by atoms with Crippen molar-refractivity contribution < 1.29 is 19.4 Å². The molecule has 0 aromatic heterocycles. The number of aliphatic carboxylic acids is 1. The van der Waals surface area contributed by atoms with Gasteiger partial charge in [0, 0.05) is 23.7 Å². The average molecular weight is 331 g/mol. The highest BCUT2D eigenvalue weighted by molar-refractivity contribution is 7.99. The number of nitrogens with one attached hydrogen (secondary N) is 1. The zero-order chi connectivity index (χ0) is 15.4. The Kier molecular flexibility index (Phi) is 5.19. The molecule has 2 amide bonds. The summed E-state index contributed by atoms with van der Waals surface area (Å²) in [5, 5.41) is 12.2. The zero-order valence-electron chi connectivity index (χ0n) is 11.3. The number of hydrogen-bond acceptors (Lipinski definition) is 4. The molecule has 0 radical (unpaired) electrons. The van der Waals surface area contributed by atoms with E-state index in [1.807, 2.05) is 0 Å². The first-order valence-corrected chi connectivity index (χ1v) is 7.78. The molecule has 1 heterocycles. The van der Waals surface area contributed by atoms with Crippen molar-refractivity contribution in [2.75, 3.05) is 30.5 Å². The molecule has 21 heavy (non-hydrogen) atoms. The molecule has 1 unspecified atom stereocenters. The summed E-state index contributed by atoms with van der Waals surface area (Å²) in [6.07, 6.45) is 0. The van der Waals surface area contributed by atoms with E-state index in [1.165, 1.54) is 23.8 Å². The lowest BCUT2D eigenvalue weighted by Crippen LogP contribution is -2.51. The number of anilines is 1. The number of benzene rings is 1. The highest BCUT2D eigenvalue weighted by Gasteiger charge is 2.32. The van der Waals surface area contributed by atoms with Gasteiger partial charge in [-0.1, -0.05) is 11.6 Å². The van der Waals surface area contributed by atoms with Crippen molar-refractivity contribution in [1.29, 1.82) is 0 Å². The maximum absolute atomic E-state index is 12.2. The lowest BCUT2D eigenvalue weighted by molar-refractivity contribution is -0.141. The Morgan fingerprint density at radius 3 is 2.90 bits per heavy atom. The molecule has 0 saturated carbocycles. The summed E-state index contributed by atoms with van der Waals surface area (Å²) >= 11 is 7.52. The first-order chi connectivity index (χ1) is 10.0. The number of carbonyl (C=O) groups excluding carboxylic acids is 1. The summed E-state index contributed by atoms with van der Waals surface area (Å²) in [5.41, 5.74) is 0.494. The van der Waals surface area contributed by atoms with Crippen LogP contribution in [0.2, 0.25) is 5.02 Å². The molecule has 1 atom stereocenters. The van der Waals surface area contributed by atoms with E-state index < -0.39 is 18.0 Å². The Morgan fingerprint density at radius 2 is 2.29 bits per heavy atom. The van der Waals surface area contributed by atoms with E-state index in [9.17, 15) is 9.59 Å². The molecule has 1 fully saturated rings. The van der Waals surface area contributed by atoms with Gasteiger partial charge in [-0.15, -0.1) is 0 Å². The molecule has 2 N–H and O–H groups in total. The number of carboxylic acids is 1. The largest absolute Gasteiger partial charge is 0.495 e. The Hall–Kier alpha value is -1.60. The summed E-state index contributed by atoms with van der Waals surface area (Å²) in [5.74, 6) is 0.629. The number of carboxylic acid groups (broad SMARTS) is 1. The van der Waals surface area contributed by atoms with Crippen LogP contribution in [0, 0.1) is 0 Å². The van der Waals surface area contributed by atoms with E-state index in [1.54, 1.807) is 18.2 Å². The second-order valence-electron chi connectivity index (χ2n) is 4.40. The number of urea groups is 1. The minimum Gasteiger partial charge on any atom is -0.495 e. The third-order valence-corrected chi connectivity index (χ3v) is 4.40. The molecule has 1 aromatic rings. The number of rotatable bonds is 3. The van der Waals surface area contributed by atoms with Gasteiger partial charge in [-0.25, -0.2) is 9.59 Å². The molecule has 8 heteroatoms. The molecule has 0 aliphatic carbocycles. The van der Waals surface area contributed by atoms with E-state index in [2.05, 4.69) is 5.32 Å². The van der Waals surface area contributed by atoms with Gasteiger partial charge in [0.2, 0.25) is 0 Å². The molecular weight excluding hydrogens is 316 g/mol. The van der Waals surface area contributed by atoms with Crippen LogP contribution in [0.1, 0.15) is 0 Å². The number of nitrogens with zero attached hydrogens (tertiary/aromatic N) is 1. The molecule has 1 aliphatic heterocycles. The molecule has 2 rings (SSSR count). The van der Waals surface area contributed by atoms with Gasteiger partial charge >= 0.3 is 12.0 Å². The van der Waals surface area contributed by atoms with Crippen LogP contribution < -0.4 is 10.1 Å². The van der Waals surface area contributed by atoms with Gasteiger partial charge in [-0.05, 0) is 18.2 Å². The molecule has 1 saturated heterocycles. The van der Waals surface area contributed by atoms with Gasteiger partial charge in [0.05, 0.1) is 12.1 Å². The Morgan fingerprint density at radius 1 is 1.52 bits per heavy atom. The summed E-state index contributed by atoms with van der Waals surface area (Å²) in [7, 11) is 1.50. The van der Waals surface area contributed by atoms with Gasteiger partial charge < -0.3 is 20.1 Å². The van der Waals surface area contributed by atoms with Crippen LogP contribution in [-0.4, -0.2) is 53.2 Å². The Bertz CT molecular complexity index is 555. The fourth-order valence-corrected chi connectivity index (χ4v) is 3.29. The number of methoxy groups -OCH3 is 1. The van der Waals surface area contributed by atoms with Crippen molar-refractivity contribution in [2.24, 2.45) is 0 Å². The molecule has 0 spiro atoms. The van der Waals surface area contributed by atoms with Crippen LogP contribution in [0.15, 0.2) is 18.2 Å². The summed E-state index contributed by atoms with van der Waals surface area (Å²) < 4.78 is 5.03. The van der Waals surface area contributed by atoms with Crippen molar-refractivity contribution in [3.63, 3.8) is 0 Å². The van der Waals surface area contributed by atoms with Gasteiger partial charge in [0.1, 0.15) is 11.8 Å². The van der Waals surface area contributed by atoms with Crippen molar-refractivity contribution in [1.82, 2.24) is 4.90 Å². The summed E-state index contributed by atoms with van der Waals surface area (Å²) in [6.45, 7) is 0.400. The molecule has 6 nitrogen and oxygen atoms in total. The number of amides is 2. The first kappa shape index (κ1) is 15.8. The lowest BCUT2D eigenvalue weighted by Gasteiger charge is -2.32. The van der Waals surface area contributed by atoms with Crippen LogP contribution in [-0.2, 0) is 4.79 Å². The zero-order valence-corrected chi connectivity index (χ0v) is 12.9. The van der Waals surface area contributed by atoms with Crippen LogP contribution in [0.3, 0.4) is 0 Å². The quantitative estimate of drug-likeness (QED) is 0.889. The lowest BCUT2D eigenvalue weighted by atomic mass is 10.2. The standard InChI is InChI=1S/C13H15ClN2O4S/c1-20-11-3-2-8(6-9(11)14)15-13(19)16-4-5-21-7-10(16)12(17)18/h2-3,6,10H,4-5,7H2,1H3,(H,15,19)(H,17,18). The van der Waals surface area contributed by atoms with Crippen molar-refractivity contribution in [3.05, 3.63) is 23.2 Å². The topological polar surface area (TPSA) is 78.9 Å².